The van der Waals surface area contributed by atoms with Crippen molar-refractivity contribution in [2.24, 2.45) is 17.8 Å². The second kappa shape index (κ2) is 7.30. The molecule has 2 aliphatic carbocycles. The summed E-state index contributed by atoms with van der Waals surface area (Å²) in [6.07, 6.45) is 12.0. The molecule has 2 bridgehead atoms. The molecule has 1 aromatic rings. The first-order valence-corrected chi connectivity index (χ1v) is 9.92. The number of anilines is 2. The van der Waals surface area contributed by atoms with Crippen LogP contribution >= 0.6 is 0 Å². The first-order chi connectivity index (χ1) is 11.8. The highest BCUT2D eigenvalue weighted by Gasteiger charge is 2.31. The molecule has 24 heavy (non-hydrogen) atoms. The first kappa shape index (κ1) is 16.2. The van der Waals surface area contributed by atoms with Gasteiger partial charge < -0.3 is 15.5 Å². The number of fused-ring (bicyclic) bond motifs is 2. The minimum absolute atomic E-state index is 0.622. The van der Waals surface area contributed by atoms with Crippen molar-refractivity contribution in [3.8, 4) is 0 Å². The molecule has 4 heteroatoms. The van der Waals surface area contributed by atoms with Gasteiger partial charge in [0.25, 0.3) is 0 Å². The van der Waals surface area contributed by atoms with Crippen LogP contribution in [0, 0.1) is 17.8 Å². The number of likely N-dealkylation sites (N-methyl/N-ethyl adjacent to an activating group) is 1. The summed E-state index contributed by atoms with van der Waals surface area (Å²) < 4.78 is 0. The van der Waals surface area contributed by atoms with Gasteiger partial charge in [0.05, 0.1) is 0 Å². The van der Waals surface area contributed by atoms with Crippen LogP contribution in [0.3, 0.4) is 0 Å². The third kappa shape index (κ3) is 3.69. The largest absolute Gasteiger partial charge is 0.370 e. The molecule has 3 atom stereocenters. The Kier molecular flexibility index (Phi) is 4.93. The zero-order valence-corrected chi connectivity index (χ0v) is 15.0. The maximum Gasteiger partial charge on any atom is 0.127 e. The van der Waals surface area contributed by atoms with Gasteiger partial charge in [-0.15, -0.1) is 0 Å². The van der Waals surface area contributed by atoms with Crippen LogP contribution in [0.25, 0.3) is 0 Å². The van der Waals surface area contributed by atoms with Crippen LogP contribution in [0.1, 0.15) is 44.9 Å². The van der Waals surface area contributed by atoms with E-state index in [1.807, 2.05) is 6.20 Å². The molecule has 1 saturated heterocycles. The summed E-state index contributed by atoms with van der Waals surface area (Å²) in [6.45, 7) is 3.34. The minimum atomic E-state index is 0.622. The van der Waals surface area contributed by atoms with Gasteiger partial charge >= 0.3 is 0 Å². The molecular weight excluding hydrogens is 296 g/mol. The zero-order valence-electron chi connectivity index (χ0n) is 15.0. The maximum absolute atomic E-state index is 4.55. The molecule has 3 aliphatic rings. The van der Waals surface area contributed by atoms with Gasteiger partial charge in [-0.25, -0.2) is 4.98 Å². The lowest BCUT2D eigenvalue weighted by Crippen LogP contribution is -2.30. The molecule has 132 valence electrons. The van der Waals surface area contributed by atoms with E-state index in [0.29, 0.717) is 6.04 Å². The Bertz CT molecular complexity index is 534. The summed E-state index contributed by atoms with van der Waals surface area (Å²) in [4.78, 5) is 7.02. The molecule has 4 rings (SSSR count). The van der Waals surface area contributed by atoms with Gasteiger partial charge in [0.1, 0.15) is 5.82 Å². The van der Waals surface area contributed by atoms with Gasteiger partial charge in [-0.2, -0.15) is 0 Å². The molecule has 0 radical (unpaired) electrons. The fraction of sp³-hybridized carbons (Fsp3) is 0.750. The van der Waals surface area contributed by atoms with Crippen LogP contribution in [0.4, 0.5) is 11.5 Å². The Morgan fingerprint density at radius 3 is 2.75 bits per heavy atom. The van der Waals surface area contributed by atoms with E-state index in [9.17, 15) is 0 Å². The molecule has 1 aromatic heterocycles. The molecule has 2 N–H and O–H groups in total. The summed E-state index contributed by atoms with van der Waals surface area (Å²) in [6, 6.07) is 5.01. The van der Waals surface area contributed by atoms with Crippen LogP contribution in [-0.2, 0) is 0 Å². The Hall–Kier alpha value is -1.29. The van der Waals surface area contributed by atoms with Gasteiger partial charge in [-0.05, 0) is 56.6 Å². The Balaban J connectivity index is 1.33. The number of nitrogens with one attached hydrogen (secondary N) is 2. The van der Waals surface area contributed by atoms with E-state index >= 15 is 0 Å². The van der Waals surface area contributed by atoms with Crippen molar-refractivity contribution < 1.29 is 0 Å². The normalized spacial score (nSPS) is 32.8. The summed E-state index contributed by atoms with van der Waals surface area (Å²) in [5.74, 6) is 3.91. The van der Waals surface area contributed by atoms with E-state index in [0.717, 1.165) is 43.2 Å². The van der Waals surface area contributed by atoms with Gasteiger partial charge in [-0.1, -0.05) is 19.3 Å². The predicted molar refractivity (Wildman–Crippen MR) is 101 cm³/mol. The molecule has 4 nitrogen and oxygen atoms in total. The summed E-state index contributed by atoms with van der Waals surface area (Å²) >= 11 is 0. The highest BCUT2D eigenvalue weighted by molar-refractivity contribution is 5.54. The van der Waals surface area contributed by atoms with Crippen molar-refractivity contribution >= 4 is 11.5 Å². The SMILES string of the molecule is CN[C@@H]1CCN(c2ccnc(NCC3CC4CCCC(C4)C3)c2)C1. The van der Waals surface area contributed by atoms with Crippen LogP contribution < -0.4 is 15.5 Å². The van der Waals surface area contributed by atoms with Crippen molar-refractivity contribution in [2.75, 3.05) is 36.9 Å². The summed E-state index contributed by atoms with van der Waals surface area (Å²) in [7, 11) is 2.06. The van der Waals surface area contributed by atoms with Gasteiger partial charge in [0.15, 0.2) is 0 Å². The number of hydrogen-bond donors (Lipinski definition) is 2. The lowest BCUT2D eigenvalue weighted by molar-refractivity contribution is 0.143. The Morgan fingerprint density at radius 1 is 1.17 bits per heavy atom. The number of aromatic nitrogens is 1. The molecule has 2 unspecified atom stereocenters. The van der Waals surface area contributed by atoms with Crippen LogP contribution in [0.2, 0.25) is 0 Å². The van der Waals surface area contributed by atoms with E-state index in [1.54, 1.807) is 0 Å². The van der Waals surface area contributed by atoms with Crippen LogP contribution in [0.15, 0.2) is 18.3 Å². The molecule has 0 aromatic carbocycles. The van der Waals surface area contributed by atoms with Crippen LogP contribution in [-0.4, -0.2) is 37.7 Å². The second-order valence-electron chi connectivity index (χ2n) is 8.24. The molecule has 2 heterocycles. The average Bonchev–Trinajstić information content (AvgIpc) is 3.09. The Labute approximate surface area is 146 Å². The standard InChI is InChI=1S/C20H32N4/c1-21-18-6-8-24(14-18)19-5-7-22-20(12-19)23-13-17-10-15-3-2-4-16(9-15)11-17/h5,7,12,15-18,21H,2-4,6,8-11,13-14H2,1H3,(H,22,23)/t15?,16?,17?,18-/m1/s1. The lowest BCUT2D eigenvalue weighted by Gasteiger charge is -2.39. The fourth-order valence-electron chi connectivity index (χ4n) is 5.23. The average molecular weight is 329 g/mol. The number of nitrogens with zero attached hydrogens (tertiary/aromatic N) is 2. The smallest absolute Gasteiger partial charge is 0.127 e. The lowest BCUT2D eigenvalue weighted by atomic mass is 9.68. The molecule has 0 spiro atoms. The summed E-state index contributed by atoms with van der Waals surface area (Å²) in [5.41, 5.74) is 1.31. The zero-order chi connectivity index (χ0) is 16.4. The first-order valence-electron chi connectivity index (χ1n) is 9.92. The van der Waals surface area contributed by atoms with Gasteiger partial charge in [0, 0.05) is 43.6 Å². The van der Waals surface area contributed by atoms with E-state index in [-0.39, 0.29) is 0 Å². The molecule has 3 fully saturated rings. The highest BCUT2D eigenvalue weighted by atomic mass is 15.2. The van der Waals surface area contributed by atoms with Crippen molar-refractivity contribution in [1.29, 1.82) is 0 Å². The molecule has 0 amide bonds. The van der Waals surface area contributed by atoms with Gasteiger partial charge in [0.2, 0.25) is 0 Å². The monoisotopic (exact) mass is 328 g/mol. The molecule has 2 saturated carbocycles. The van der Waals surface area contributed by atoms with Crippen molar-refractivity contribution in [1.82, 2.24) is 10.3 Å². The fourth-order valence-corrected chi connectivity index (χ4v) is 5.23. The second-order valence-corrected chi connectivity index (χ2v) is 8.24. The molecule has 1 aliphatic heterocycles. The van der Waals surface area contributed by atoms with E-state index < -0.39 is 0 Å². The van der Waals surface area contributed by atoms with E-state index in [1.165, 1.54) is 50.6 Å². The van der Waals surface area contributed by atoms with E-state index in [4.69, 9.17) is 0 Å². The molecular formula is C20H32N4. The van der Waals surface area contributed by atoms with Crippen molar-refractivity contribution in [3.63, 3.8) is 0 Å². The number of rotatable bonds is 5. The van der Waals surface area contributed by atoms with Crippen molar-refractivity contribution in [2.45, 2.75) is 51.0 Å². The number of pyridine rings is 1. The summed E-state index contributed by atoms with van der Waals surface area (Å²) in [5, 5.41) is 7.03. The predicted octanol–water partition coefficient (Wildman–Crippen LogP) is 3.51. The topological polar surface area (TPSA) is 40.2 Å². The highest BCUT2D eigenvalue weighted by Crippen LogP contribution is 2.42. The minimum Gasteiger partial charge on any atom is -0.370 e. The van der Waals surface area contributed by atoms with E-state index in [2.05, 4.69) is 39.7 Å². The third-order valence-corrected chi connectivity index (χ3v) is 6.50. The van der Waals surface area contributed by atoms with Crippen LogP contribution in [0.5, 0.6) is 0 Å². The maximum atomic E-state index is 4.55. The number of hydrogen-bond acceptors (Lipinski definition) is 4. The van der Waals surface area contributed by atoms with Gasteiger partial charge in [-0.3, -0.25) is 0 Å². The third-order valence-electron chi connectivity index (χ3n) is 6.50. The Morgan fingerprint density at radius 2 is 2.00 bits per heavy atom. The quantitative estimate of drug-likeness (QED) is 0.868. The van der Waals surface area contributed by atoms with Crippen molar-refractivity contribution in [3.05, 3.63) is 18.3 Å².